The Morgan fingerprint density at radius 1 is 0.917 bits per heavy atom. The van der Waals surface area contributed by atoms with Crippen LogP contribution in [0.5, 0.6) is 17.2 Å². The molecule has 1 amide bonds. The molecule has 0 atom stereocenters. The van der Waals surface area contributed by atoms with Crippen LogP contribution in [-0.4, -0.2) is 68.2 Å². The number of carbonyl (C=O) groups is 1. The first-order chi connectivity index (χ1) is 17.6. The maximum Gasteiger partial charge on any atom is 0.254 e. The Kier molecular flexibility index (Phi) is 6.77. The third-order valence-corrected chi connectivity index (χ3v) is 6.56. The molecule has 1 aliphatic rings. The number of nitrogens with zero attached hydrogens (tertiary/aromatic N) is 3. The first kappa shape index (κ1) is 23.7. The van der Waals surface area contributed by atoms with E-state index >= 15 is 0 Å². The summed E-state index contributed by atoms with van der Waals surface area (Å²) in [5.74, 6) is 2.53. The molecule has 1 saturated heterocycles. The number of pyridine rings is 1. The Labute approximate surface area is 210 Å². The van der Waals surface area contributed by atoms with Crippen LogP contribution in [0.15, 0.2) is 65.3 Å². The SMILES string of the molecule is COc1ccc(CN2CCN(C(=O)c3cc(-c4ccco4)nc4ccccc34)CC2)c(OC)c1OC. The van der Waals surface area contributed by atoms with Crippen LogP contribution in [0.2, 0.25) is 0 Å². The minimum atomic E-state index is 0.00440. The number of piperazine rings is 1. The summed E-state index contributed by atoms with van der Waals surface area (Å²) in [5.41, 5.74) is 3.08. The average Bonchev–Trinajstić information content (AvgIpc) is 3.47. The number of amides is 1. The molecule has 1 aliphatic heterocycles. The monoisotopic (exact) mass is 487 g/mol. The lowest BCUT2D eigenvalue weighted by atomic mass is 10.0. The molecule has 8 nitrogen and oxygen atoms in total. The zero-order chi connectivity index (χ0) is 25.1. The number of rotatable bonds is 7. The molecule has 4 aromatic rings. The molecule has 0 N–H and O–H groups in total. The molecule has 36 heavy (non-hydrogen) atoms. The van der Waals surface area contributed by atoms with Crippen molar-refractivity contribution in [2.24, 2.45) is 0 Å². The van der Waals surface area contributed by atoms with Gasteiger partial charge in [-0.2, -0.15) is 0 Å². The summed E-state index contributed by atoms with van der Waals surface area (Å²) in [4.78, 5) is 22.6. The van der Waals surface area contributed by atoms with Crippen LogP contribution in [0.3, 0.4) is 0 Å². The predicted octanol–water partition coefficient (Wildman–Crippen LogP) is 4.48. The molecule has 0 bridgehead atoms. The lowest BCUT2D eigenvalue weighted by Crippen LogP contribution is -2.48. The van der Waals surface area contributed by atoms with Crippen LogP contribution in [0.1, 0.15) is 15.9 Å². The van der Waals surface area contributed by atoms with Crippen molar-refractivity contribution in [3.63, 3.8) is 0 Å². The third-order valence-electron chi connectivity index (χ3n) is 6.56. The molecule has 5 rings (SSSR count). The summed E-state index contributed by atoms with van der Waals surface area (Å²) in [6.45, 7) is 3.43. The second kappa shape index (κ2) is 10.3. The summed E-state index contributed by atoms with van der Waals surface area (Å²) >= 11 is 0. The highest BCUT2D eigenvalue weighted by molar-refractivity contribution is 6.07. The lowest BCUT2D eigenvalue weighted by molar-refractivity contribution is 0.0629. The van der Waals surface area contributed by atoms with Gasteiger partial charge in [0, 0.05) is 43.7 Å². The number of aromatic nitrogens is 1. The fraction of sp³-hybridized carbons (Fsp3) is 0.286. The van der Waals surface area contributed by atoms with Gasteiger partial charge in [-0.05, 0) is 30.3 Å². The van der Waals surface area contributed by atoms with Gasteiger partial charge in [0.25, 0.3) is 5.91 Å². The van der Waals surface area contributed by atoms with E-state index in [1.165, 1.54) is 0 Å². The van der Waals surface area contributed by atoms with Gasteiger partial charge in [-0.3, -0.25) is 9.69 Å². The smallest absolute Gasteiger partial charge is 0.254 e. The number of fused-ring (bicyclic) bond motifs is 1. The third kappa shape index (κ3) is 4.47. The molecule has 0 radical (unpaired) electrons. The van der Waals surface area contributed by atoms with Gasteiger partial charge in [-0.25, -0.2) is 4.98 Å². The van der Waals surface area contributed by atoms with E-state index in [-0.39, 0.29) is 5.91 Å². The highest BCUT2D eigenvalue weighted by atomic mass is 16.5. The van der Waals surface area contributed by atoms with Crippen LogP contribution >= 0.6 is 0 Å². The highest BCUT2D eigenvalue weighted by Crippen LogP contribution is 2.40. The maximum atomic E-state index is 13.7. The molecule has 1 fully saturated rings. The largest absolute Gasteiger partial charge is 0.493 e. The second-order valence-corrected chi connectivity index (χ2v) is 8.61. The summed E-state index contributed by atoms with van der Waals surface area (Å²) < 4.78 is 22.1. The number of methoxy groups -OCH3 is 3. The van der Waals surface area contributed by atoms with Crippen molar-refractivity contribution in [2.45, 2.75) is 6.54 Å². The van der Waals surface area contributed by atoms with Gasteiger partial charge in [-0.15, -0.1) is 0 Å². The number of ether oxygens (including phenoxy) is 3. The first-order valence-corrected chi connectivity index (χ1v) is 11.9. The highest BCUT2D eigenvalue weighted by Gasteiger charge is 2.26. The number of hydrogen-bond donors (Lipinski definition) is 0. The van der Waals surface area contributed by atoms with Crippen molar-refractivity contribution in [1.82, 2.24) is 14.8 Å². The Bertz CT molecular complexity index is 1360. The number of para-hydroxylation sites is 1. The van der Waals surface area contributed by atoms with E-state index < -0.39 is 0 Å². The van der Waals surface area contributed by atoms with E-state index in [9.17, 15) is 4.79 Å². The van der Waals surface area contributed by atoms with Crippen LogP contribution in [-0.2, 0) is 6.54 Å². The zero-order valence-electron chi connectivity index (χ0n) is 20.7. The van der Waals surface area contributed by atoms with Gasteiger partial charge >= 0.3 is 0 Å². The fourth-order valence-electron chi connectivity index (χ4n) is 4.71. The van der Waals surface area contributed by atoms with Crippen molar-refractivity contribution in [3.8, 4) is 28.7 Å². The number of carbonyl (C=O) groups excluding carboxylic acids is 1. The molecule has 0 saturated carbocycles. The normalized spacial score (nSPS) is 14.1. The van der Waals surface area contributed by atoms with Gasteiger partial charge in [0.1, 0.15) is 5.69 Å². The Hall–Kier alpha value is -4.04. The quantitative estimate of drug-likeness (QED) is 0.380. The second-order valence-electron chi connectivity index (χ2n) is 8.61. The molecule has 2 aromatic heterocycles. The molecule has 8 heteroatoms. The summed E-state index contributed by atoms with van der Waals surface area (Å²) in [5, 5.41) is 0.843. The Morgan fingerprint density at radius 3 is 2.39 bits per heavy atom. The lowest BCUT2D eigenvalue weighted by Gasteiger charge is -2.35. The van der Waals surface area contributed by atoms with E-state index in [1.54, 1.807) is 27.6 Å². The molecule has 0 aliphatic carbocycles. The fourth-order valence-corrected chi connectivity index (χ4v) is 4.71. The van der Waals surface area contributed by atoms with Gasteiger partial charge < -0.3 is 23.5 Å². The first-order valence-electron chi connectivity index (χ1n) is 11.9. The zero-order valence-corrected chi connectivity index (χ0v) is 20.7. The summed E-state index contributed by atoms with van der Waals surface area (Å²) in [7, 11) is 4.85. The molecule has 0 spiro atoms. The number of hydrogen-bond acceptors (Lipinski definition) is 7. The van der Waals surface area contributed by atoms with Gasteiger partial charge in [0.15, 0.2) is 17.3 Å². The average molecular weight is 488 g/mol. The van der Waals surface area contributed by atoms with Crippen LogP contribution in [0.25, 0.3) is 22.4 Å². The van der Waals surface area contributed by atoms with E-state index in [1.807, 2.05) is 59.5 Å². The van der Waals surface area contributed by atoms with E-state index in [4.69, 9.17) is 23.6 Å². The maximum absolute atomic E-state index is 13.7. The van der Waals surface area contributed by atoms with Gasteiger partial charge in [-0.1, -0.05) is 24.3 Å². The summed E-state index contributed by atoms with van der Waals surface area (Å²) in [6, 6.07) is 17.1. The summed E-state index contributed by atoms with van der Waals surface area (Å²) in [6.07, 6.45) is 1.61. The van der Waals surface area contributed by atoms with Crippen molar-refractivity contribution in [2.75, 3.05) is 47.5 Å². The molecule has 2 aromatic carbocycles. The van der Waals surface area contributed by atoms with E-state index in [2.05, 4.69) is 4.90 Å². The van der Waals surface area contributed by atoms with Crippen LogP contribution in [0.4, 0.5) is 0 Å². The molecule has 0 unspecified atom stereocenters. The van der Waals surface area contributed by atoms with Crippen molar-refractivity contribution < 1.29 is 23.4 Å². The van der Waals surface area contributed by atoms with Crippen LogP contribution in [0, 0.1) is 0 Å². The standard InChI is InChI=1S/C28H29N3O5/c1-33-25-11-10-19(26(34-2)27(25)35-3)18-30-12-14-31(15-13-30)28(32)21-17-23(24-9-6-16-36-24)29-22-8-5-4-7-20(21)22/h4-11,16-17H,12-15,18H2,1-3H3. The minimum absolute atomic E-state index is 0.00440. The minimum Gasteiger partial charge on any atom is -0.493 e. The van der Waals surface area contributed by atoms with E-state index in [0.29, 0.717) is 53.9 Å². The number of benzene rings is 2. The van der Waals surface area contributed by atoms with Crippen molar-refractivity contribution in [3.05, 3.63) is 72.0 Å². The predicted molar refractivity (Wildman–Crippen MR) is 137 cm³/mol. The van der Waals surface area contributed by atoms with Gasteiger partial charge in [0.05, 0.1) is 38.7 Å². The van der Waals surface area contributed by atoms with Crippen molar-refractivity contribution >= 4 is 16.8 Å². The Balaban J connectivity index is 1.34. The number of furan rings is 1. The van der Waals surface area contributed by atoms with Crippen LogP contribution < -0.4 is 14.2 Å². The molecule has 186 valence electrons. The van der Waals surface area contributed by atoms with Gasteiger partial charge in [0.2, 0.25) is 5.75 Å². The van der Waals surface area contributed by atoms with Crippen molar-refractivity contribution in [1.29, 1.82) is 0 Å². The topological polar surface area (TPSA) is 77.3 Å². The molecule has 3 heterocycles. The van der Waals surface area contributed by atoms with E-state index in [0.717, 1.165) is 29.6 Å². The molecular weight excluding hydrogens is 458 g/mol. The Morgan fingerprint density at radius 2 is 1.69 bits per heavy atom. The molecular formula is C28H29N3O5.